The van der Waals surface area contributed by atoms with Gasteiger partial charge in [-0.3, -0.25) is 4.79 Å². The number of nitrogens with one attached hydrogen (secondary N) is 1. The lowest BCUT2D eigenvalue weighted by atomic mass is 10.1. The standard InChI is InChI=1S/C9H4BrF3N2O/c10-8-14-6-2-1-4(9(11,12)13)3-5(6)7(16)15-8/h1-3H,(H,14,15,16). The maximum Gasteiger partial charge on any atom is 0.416 e. The van der Waals surface area contributed by atoms with E-state index in [0.717, 1.165) is 18.2 Å². The second kappa shape index (κ2) is 3.58. The Bertz CT molecular complexity index is 606. The van der Waals surface area contributed by atoms with Crippen molar-refractivity contribution in [2.24, 2.45) is 0 Å². The molecule has 0 radical (unpaired) electrons. The van der Waals surface area contributed by atoms with E-state index in [-0.39, 0.29) is 15.6 Å². The number of nitrogens with zero attached hydrogens (tertiary/aromatic N) is 1. The molecular weight excluding hydrogens is 289 g/mol. The Morgan fingerprint density at radius 1 is 1.31 bits per heavy atom. The molecular formula is C9H4BrF3N2O. The van der Waals surface area contributed by atoms with Gasteiger partial charge in [-0.2, -0.15) is 13.2 Å². The average molecular weight is 293 g/mol. The van der Waals surface area contributed by atoms with Gasteiger partial charge in [0.05, 0.1) is 16.5 Å². The first-order chi connectivity index (χ1) is 7.38. The number of hydrogen-bond donors (Lipinski definition) is 1. The summed E-state index contributed by atoms with van der Waals surface area (Å²) in [5.41, 5.74) is -1.26. The molecule has 0 aliphatic carbocycles. The fourth-order valence-corrected chi connectivity index (χ4v) is 1.66. The normalized spacial score (nSPS) is 12.0. The van der Waals surface area contributed by atoms with Crippen molar-refractivity contribution in [2.45, 2.75) is 6.18 Å². The molecule has 1 heterocycles. The number of rotatable bonds is 0. The maximum absolute atomic E-state index is 12.4. The van der Waals surface area contributed by atoms with E-state index < -0.39 is 17.3 Å². The van der Waals surface area contributed by atoms with Gasteiger partial charge in [0.15, 0.2) is 4.73 Å². The van der Waals surface area contributed by atoms with Crippen LogP contribution in [0.3, 0.4) is 0 Å². The summed E-state index contributed by atoms with van der Waals surface area (Å²) in [6, 6.07) is 2.84. The lowest BCUT2D eigenvalue weighted by Crippen LogP contribution is -2.11. The Kier molecular flexibility index (Phi) is 2.49. The van der Waals surface area contributed by atoms with Crippen LogP contribution < -0.4 is 5.56 Å². The molecule has 0 saturated carbocycles. The molecule has 1 aromatic carbocycles. The van der Waals surface area contributed by atoms with Gasteiger partial charge in [-0.05, 0) is 34.1 Å². The van der Waals surface area contributed by atoms with Gasteiger partial charge < -0.3 is 4.98 Å². The van der Waals surface area contributed by atoms with E-state index in [0.29, 0.717) is 0 Å². The molecule has 0 amide bonds. The van der Waals surface area contributed by atoms with Gasteiger partial charge in [0.25, 0.3) is 5.56 Å². The second-order valence-corrected chi connectivity index (χ2v) is 3.84. The van der Waals surface area contributed by atoms with Crippen LogP contribution >= 0.6 is 15.9 Å². The molecule has 0 atom stereocenters. The van der Waals surface area contributed by atoms with Crippen molar-refractivity contribution in [1.82, 2.24) is 9.97 Å². The lowest BCUT2D eigenvalue weighted by Gasteiger charge is -2.06. The Morgan fingerprint density at radius 3 is 2.62 bits per heavy atom. The number of alkyl halides is 3. The van der Waals surface area contributed by atoms with Gasteiger partial charge in [0, 0.05) is 0 Å². The molecule has 0 aliphatic heterocycles. The van der Waals surface area contributed by atoms with Crippen molar-refractivity contribution >= 4 is 26.8 Å². The fraction of sp³-hybridized carbons (Fsp3) is 0.111. The van der Waals surface area contributed by atoms with Crippen LogP contribution in [0, 0.1) is 0 Å². The number of fused-ring (bicyclic) bond motifs is 1. The highest BCUT2D eigenvalue weighted by Crippen LogP contribution is 2.30. The summed E-state index contributed by atoms with van der Waals surface area (Å²) >= 11 is 2.95. The quantitative estimate of drug-likeness (QED) is 0.759. The molecule has 84 valence electrons. The first kappa shape index (κ1) is 11.1. The van der Waals surface area contributed by atoms with E-state index in [2.05, 4.69) is 25.9 Å². The summed E-state index contributed by atoms with van der Waals surface area (Å²) in [4.78, 5) is 17.5. The minimum absolute atomic E-state index is 0.0852. The average Bonchev–Trinajstić information content (AvgIpc) is 2.15. The molecule has 0 bridgehead atoms. The Hall–Kier alpha value is -1.37. The van der Waals surface area contributed by atoms with Gasteiger partial charge >= 0.3 is 6.18 Å². The first-order valence-electron chi connectivity index (χ1n) is 4.15. The number of H-pyrrole nitrogens is 1. The van der Waals surface area contributed by atoms with Crippen molar-refractivity contribution in [3.05, 3.63) is 38.9 Å². The van der Waals surface area contributed by atoms with E-state index in [1.807, 2.05) is 0 Å². The predicted octanol–water partition coefficient (Wildman–Crippen LogP) is 2.70. The second-order valence-electron chi connectivity index (χ2n) is 3.09. The SMILES string of the molecule is O=c1[nH]c(Br)nc2ccc(C(F)(F)F)cc12. The Balaban J connectivity index is 2.77. The van der Waals surface area contributed by atoms with E-state index in [4.69, 9.17) is 0 Å². The summed E-state index contributed by atoms with van der Waals surface area (Å²) < 4.78 is 37.3. The van der Waals surface area contributed by atoms with Crippen LogP contribution in [0.1, 0.15) is 5.56 Å². The van der Waals surface area contributed by atoms with Gasteiger partial charge in [-0.25, -0.2) is 4.98 Å². The number of aromatic amines is 1. The monoisotopic (exact) mass is 292 g/mol. The van der Waals surface area contributed by atoms with Crippen LogP contribution in [0.5, 0.6) is 0 Å². The largest absolute Gasteiger partial charge is 0.416 e. The van der Waals surface area contributed by atoms with Crippen molar-refractivity contribution in [3.8, 4) is 0 Å². The highest BCUT2D eigenvalue weighted by molar-refractivity contribution is 9.10. The molecule has 0 aliphatic rings. The van der Waals surface area contributed by atoms with Gasteiger partial charge in [0.2, 0.25) is 0 Å². The van der Waals surface area contributed by atoms with Crippen molar-refractivity contribution in [1.29, 1.82) is 0 Å². The van der Waals surface area contributed by atoms with Crippen molar-refractivity contribution in [2.75, 3.05) is 0 Å². The third kappa shape index (κ3) is 1.95. The van der Waals surface area contributed by atoms with Crippen molar-refractivity contribution in [3.63, 3.8) is 0 Å². The predicted molar refractivity (Wildman–Crippen MR) is 55.1 cm³/mol. The lowest BCUT2D eigenvalue weighted by molar-refractivity contribution is -0.137. The van der Waals surface area contributed by atoms with Crippen LogP contribution in [-0.4, -0.2) is 9.97 Å². The number of halogens is 4. The molecule has 0 fully saturated rings. The smallest absolute Gasteiger partial charge is 0.301 e. The first-order valence-corrected chi connectivity index (χ1v) is 4.94. The summed E-state index contributed by atoms with van der Waals surface area (Å²) in [5, 5.41) is -0.0852. The molecule has 16 heavy (non-hydrogen) atoms. The zero-order valence-electron chi connectivity index (χ0n) is 7.60. The van der Waals surface area contributed by atoms with Crippen LogP contribution in [-0.2, 0) is 6.18 Å². The minimum atomic E-state index is -4.46. The Morgan fingerprint density at radius 2 is 2.00 bits per heavy atom. The molecule has 3 nitrogen and oxygen atoms in total. The highest BCUT2D eigenvalue weighted by atomic mass is 79.9. The third-order valence-electron chi connectivity index (χ3n) is 2.00. The van der Waals surface area contributed by atoms with E-state index in [9.17, 15) is 18.0 Å². The summed E-state index contributed by atoms with van der Waals surface area (Å²) in [5.74, 6) is 0. The van der Waals surface area contributed by atoms with Crippen LogP contribution in [0.25, 0.3) is 10.9 Å². The molecule has 2 rings (SSSR count). The maximum atomic E-state index is 12.4. The van der Waals surface area contributed by atoms with Crippen LogP contribution in [0.2, 0.25) is 0 Å². The zero-order chi connectivity index (χ0) is 11.9. The number of benzene rings is 1. The van der Waals surface area contributed by atoms with E-state index >= 15 is 0 Å². The Labute approximate surface area is 95.4 Å². The summed E-state index contributed by atoms with van der Waals surface area (Å²) in [6.45, 7) is 0. The zero-order valence-corrected chi connectivity index (χ0v) is 9.19. The van der Waals surface area contributed by atoms with Gasteiger partial charge in [0.1, 0.15) is 0 Å². The molecule has 2 aromatic rings. The van der Waals surface area contributed by atoms with Gasteiger partial charge in [-0.1, -0.05) is 0 Å². The minimum Gasteiger partial charge on any atom is -0.301 e. The van der Waals surface area contributed by atoms with Gasteiger partial charge in [-0.15, -0.1) is 0 Å². The van der Waals surface area contributed by atoms with Crippen LogP contribution in [0.15, 0.2) is 27.7 Å². The fourth-order valence-electron chi connectivity index (χ4n) is 1.29. The van der Waals surface area contributed by atoms with Crippen molar-refractivity contribution < 1.29 is 13.2 Å². The van der Waals surface area contributed by atoms with Crippen LogP contribution in [0.4, 0.5) is 13.2 Å². The number of aromatic nitrogens is 2. The molecule has 0 unspecified atom stereocenters. The summed E-state index contributed by atoms with van der Waals surface area (Å²) in [6.07, 6.45) is -4.46. The summed E-state index contributed by atoms with van der Waals surface area (Å²) in [7, 11) is 0. The number of hydrogen-bond acceptors (Lipinski definition) is 2. The van der Waals surface area contributed by atoms with E-state index in [1.54, 1.807) is 0 Å². The third-order valence-corrected chi connectivity index (χ3v) is 2.38. The topological polar surface area (TPSA) is 45.8 Å². The molecule has 1 aromatic heterocycles. The van der Waals surface area contributed by atoms with E-state index in [1.165, 1.54) is 0 Å². The molecule has 1 N–H and O–H groups in total. The highest BCUT2D eigenvalue weighted by Gasteiger charge is 2.30. The molecule has 7 heteroatoms. The molecule has 0 saturated heterocycles. The molecule has 0 spiro atoms.